The number of pyridine rings is 1. The van der Waals surface area contributed by atoms with Crippen molar-refractivity contribution in [2.24, 2.45) is 0 Å². The van der Waals surface area contributed by atoms with E-state index in [1.807, 2.05) is 4.52 Å². The van der Waals surface area contributed by atoms with Crippen LogP contribution < -0.4 is 0 Å². The maximum atomic E-state index is 9.25. The number of fused-ring (bicyclic) bond motifs is 2. The average Bonchev–Trinajstić information content (AvgIpc) is 3.22. The lowest BCUT2D eigenvalue weighted by molar-refractivity contribution is 0.288. The lowest BCUT2D eigenvalue weighted by Gasteiger charge is -2.15. The molecule has 4 aromatic rings. The second kappa shape index (κ2) is 8.19. The highest BCUT2D eigenvalue weighted by molar-refractivity contribution is 5.71. The zero-order valence-electron chi connectivity index (χ0n) is 18.6. The molecular formula is C24H31N5O. The van der Waals surface area contributed by atoms with Crippen molar-refractivity contribution in [2.45, 2.75) is 66.2 Å². The molecule has 4 aromatic heterocycles. The predicted molar refractivity (Wildman–Crippen MR) is 120 cm³/mol. The molecule has 4 heterocycles. The lowest BCUT2D eigenvalue weighted by Crippen LogP contribution is -2.06. The van der Waals surface area contributed by atoms with Crippen molar-refractivity contribution in [1.82, 2.24) is 24.0 Å². The van der Waals surface area contributed by atoms with Gasteiger partial charge in [0.1, 0.15) is 11.3 Å². The summed E-state index contributed by atoms with van der Waals surface area (Å²) in [4.78, 5) is 9.87. The van der Waals surface area contributed by atoms with Crippen LogP contribution in [0.15, 0.2) is 24.4 Å². The van der Waals surface area contributed by atoms with Crippen LogP contribution in [0.3, 0.4) is 0 Å². The Balaban J connectivity index is 2.00. The van der Waals surface area contributed by atoms with Gasteiger partial charge in [0.2, 0.25) is 0 Å². The monoisotopic (exact) mass is 405 g/mol. The summed E-state index contributed by atoms with van der Waals surface area (Å²) in [5.74, 6) is 0.470. The summed E-state index contributed by atoms with van der Waals surface area (Å²) >= 11 is 0. The van der Waals surface area contributed by atoms with Gasteiger partial charge in [0.05, 0.1) is 22.8 Å². The number of hydrogen-bond acceptors (Lipinski definition) is 4. The van der Waals surface area contributed by atoms with Crippen LogP contribution in [0.1, 0.15) is 67.2 Å². The van der Waals surface area contributed by atoms with E-state index in [1.165, 1.54) is 5.56 Å². The molecule has 0 amide bonds. The molecule has 0 aliphatic heterocycles. The van der Waals surface area contributed by atoms with Crippen LogP contribution in [0.5, 0.6) is 0 Å². The van der Waals surface area contributed by atoms with Gasteiger partial charge in [0, 0.05) is 18.4 Å². The van der Waals surface area contributed by atoms with E-state index < -0.39 is 0 Å². The van der Waals surface area contributed by atoms with Crippen molar-refractivity contribution in [2.75, 3.05) is 6.61 Å². The molecule has 0 radical (unpaired) electrons. The number of aryl methyl sites for hydroxylation is 4. The number of hydrogen-bond donors (Lipinski definition) is 1. The van der Waals surface area contributed by atoms with Crippen molar-refractivity contribution in [3.8, 4) is 11.4 Å². The summed E-state index contributed by atoms with van der Waals surface area (Å²) in [6.45, 7) is 10.8. The lowest BCUT2D eigenvalue weighted by atomic mass is 9.95. The van der Waals surface area contributed by atoms with Gasteiger partial charge in [-0.15, -0.1) is 0 Å². The Kier molecular flexibility index (Phi) is 5.60. The van der Waals surface area contributed by atoms with Gasteiger partial charge in [-0.1, -0.05) is 19.9 Å². The Morgan fingerprint density at radius 1 is 1.00 bits per heavy atom. The van der Waals surface area contributed by atoms with E-state index in [1.54, 1.807) is 0 Å². The van der Waals surface area contributed by atoms with Crippen LogP contribution in [0, 0.1) is 20.8 Å². The summed E-state index contributed by atoms with van der Waals surface area (Å²) in [7, 11) is 0. The fourth-order valence-corrected chi connectivity index (χ4v) is 4.57. The third-order valence-electron chi connectivity index (χ3n) is 6.07. The maximum Gasteiger partial charge on any atom is 0.158 e. The van der Waals surface area contributed by atoms with E-state index in [-0.39, 0.29) is 6.61 Å². The first-order valence-electron chi connectivity index (χ1n) is 10.9. The molecule has 0 bridgehead atoms. The van der Waals surface area contributed by atoms with Gasteiger partial charge in [0.15, 0.2) is 5.65 Å². The van der Waals surface area contributed by atoms with E-state index in [0.717, 1.165) is 71.0 Å². The standard InChI is InChI=1S/C24H31N5O/c1-6-18(7-2)20-14-15(3)27-29-22(17(5)26-24(20)29)21-16(4)25-23-19(11-9-13-30)10-8-12-28(21)23/h8,10,12,14,18,30H,6-7,9,11,13H2,1-5H3. The van der Waals surface area contributed by atoms with Gasteiger partial charge < -0.3 is 5.11 Å². The molecule has 0 saturated carbocycles. The van der Waals surface area contributed by atoms with E-state index in [9.17, 15) is 5.11 Å². The van der Waals surface area contributed by atoms with Gasteiger partial charge in [-0.2, -0.15) is 5.10 Å². The van der Waals surface area contributed by atoms with E-state index >= 15 is 0 Å². The molecule has 158 valence electrons. The fraction of sp³-hybridized carbons (Fsp3) is 0.458. The van der Waals surface area contributed by atoms with E-state index in [0.29, 0.717) is 5.92 Å². The highest BCUT2D eigenvalue weighted by atomic mass is 16.2. The van der Waals surface area contributed by atoms with Crippen molar-refractivity contribution in [3.63, 3.8) is 0 Å². The van der Waals surface area contributed by atoms with E-state index in [2.05, 4.69) is 63.4 Å². The van der Waals surface area contributed by atoms with E-state index in [4.69, 9.17) is 15.1 Å². The molecule has 0 saturated heterocycles. The third kappa shape index (κ3) is 3.29. The number of nitrogens with zero attached hydrogens (tertiary/aromatic N) is 5. The molecule has 0 unspecified atom stereocenters. The van der Waals surface area contributed by atoms with Crippen LogP contribution in [0.4, 0.5) is 0 Å². The topological polar surface area (TPSA) is 67.7 Å². The second-order valence-corrected chi connectivity index (χ2v) is 8.14. The summed E-state index contributed by atoms with van der Waals surface area (Å²) in [6.07, 6.45) is 5.76. The number of aromatic nitrogens is 5. The SMILES string of the molecule is CCC(CC)c1cc(C)nn2c(-c3c(C)nc4c(CCCO)cccn34)c(C)nc12. The maximum absolute atomic E-state index is 9.25. The highest BCUT2D eigenvalue weighted by Gasteiger charge is 2.23. The Labute approximate surface area is 177 Å². The molecule has 4 rings (SSSR count). The molecule has 30 heavy (non-hydrogen) atoms. The van der Waals surface area contributed by atoms with Crippen LogP contribution in [-0.2, 0) is 6.42 Å². The number of aliphatic hydroxyl groups is 1. The quantitative estimate of drug-likeness (QED) is 0.480. The van der Waals surface area contributed by atoms with Crippen LogP contribution in [0.25, 0.3) is 22.7 Å². The van der Waals surface area contributed by atoms with Crippen molar-refractivity contribution in [3.05, 3.63) is 52.6 Å². The third-order valence-corrected chi connectivity index (χ3v) is 6.07. The molecule has 0 aliphatic rings. The molecular weight excluding hydrogens is 374 g/mol. The summed E-state index contributed by atoms with van der Waals surface area (Å²) in [6, 6.07) is 6.34. The summed E-state index contributed by atoms with van der Waals surface area (Å²) in [5.41, 5.74) is 9.28. The second-order valence-electron chi connectivity index (χ2n) is 8.14. The van der Waals surface area contributed by atoms with Crippen molar-refractivity contribution in [1.29, 1.82) is 0 Å². The highest BCUT2D eigenvalue weighted by Crippen LogP contribution is 2.33. The molecule has 0 aliphatic carbocycles. The minimum atomic E-state index is 0.183. The summed E-state index contributed by atoms with van der Waals surface area (Å²) < 4.78 is 4.18. The first-order chi connectivity index (χ1) is 14.5. The minimum absolute atomic E-state index is 0.183. The molecule has 1 N–H and O–H groups in total. The van der Waals surface area contributed by atoms with Crippen LogP contribution in [0.2, 0.25) is 0 Å². The normalized spacial score (nSPS) is 12.0. The van der Waals surface area contributed by atoms with Gasteiger partial charge in [0.25, 0.3) is 0 Å². The van der Waals surface area contributed by atoms with Gasteiger partial charge >= 0.3 is 0 Å². The minimum Gasteiger partial charge on any atom is -0.396 e. The first-order valence-corrected chi connectivity index (χ1v) is 10.9. The fourth-order valence-electron chi connectivity index (χ4n) is 4.57. The zero-order chi connectivity index (χ0) is 21.4. The van der Waals surface area contributed by atoms with Gasteiger partial charge in [-0.3, -0.25) is 4.40 Å². The number of aliphatic hydroxyl groups excluding tert-OH is 1. The molecule has 6 heteroatoms. The van der Waals surface area contributed by atoms with Crippen molar-refractivity contribution >= 4 is 11.3 Å². The van der Waals surface area contributed by atoms with Gasteiger partial charge in [-0.05, 0) is 70.1 Å². The van der Waals surface area contributed by atoms with Gasteiger partial charge in [-0.25, -0.2) is 14.5 Å². The molecule has 0 fully saturated rings. The number of imidazole rings is 2. The van der Waals surface area contributed by atoms with Crippen molar-refractivity contribution < 1.29 is 5.11 Å². The molecule has 6 nitrogen and oxygen atoms in total. The Bertz CT molecular complexity index is 1200. The molecule has 0 spiro atoms. The zero-order valence-corrected chi connectivity index (χ0v) is 18.6. The average molecular weight is 406 g/mol. The van der Waals surface area contributed by atoms with Crippen LogP contribution >= 0.6 is 0 Å². The Morgan fingerprint density at radius 2 is 1.70 bits per heavy atom. The molecule has 0 aromatic carbocycles. The summed E-state index contributed by atoms with van der Waals surface area (Å²) in [5, 5.41) is 14.1. The predicted octanol–water partition coefficient (Wildman–Crippen LogP) is 4.80. The molecule has 0 atom stereocenters. The number of rotatable bonds is 7. The Hall–Kier alpha value is -2.73. The smallest absolute Gasteiger partial charge is 0.158 e. The largest absolute Gasteiger partial charge is 0.396 e. The Morgan fingerprint density at radius 3 is 2.40 bits per heavy atom. The first kappa shape index (κ1) is 20.5. The van der Waals surface area contributed by atoms with Crippen LogP contribution in [-0.4, -0.2) is 35.7 Å².